The fourth-order valence-corrected chi connectivity index (χ4v) is 3.31. The molecule has 0 radical (unpaired) electrons. The van der Waals surface area contributed by atoms with Gasteiger partial charge in [-0.3, -0.25) is 4.79 Å². The van der Waals surface area contributed by atoms with E-state index in [2.05, 4.69) is 31.8 Å². The number of nitrogens with zero attached hydrogens (tertiary/aromatic N) is 5. The van der Waals surface area contributed by atoms with Crippen LogP contribution in [-0.2, 0) is 17.6 Å². The molecule has 0 atom stereocenters. The van der Waals surface area contributed by atoms with Gasteiger partial charge in [-0.15, -0.1) is 0 Å². The summed E-state index contributed by atoms with van der Waals surface area (Å²) in [6.45, 7) is 4.95. The quantitative estimate of drug-likeness (QED) is 0.776. The van der Waals surface area contributed by atoms with Crippen LogP contribution in [-0.4, -0.2) is 56.9 Å². The van der Waals surface area contributed by atoms with Crippen molar-refractivity contribution >= 4 is 22.9 Å². The highest BCUT2D eigenvalue weighted by Gasteiger charge is 2.24. The minimum absolute atomic E-state index is 0.178. The molecule has 4 rings (SSSR count). The van der Waals surface area contributed by atoms with Gasteiger partial charge in [0.15, 0.2) is 17.0 Å². The van der Waals surface area contributed by atoms with Crippen molar-refractivity contribution in [3.8, 4) is 0 Å². The van der Waals surface area contributed by atoms with E-state index in [4.69, 9.17) is 0 Å². The topological polar surface area (TPSA) is 78.0 Å². The van der Waals surface area contributed by atoms with E-state index >= 15 is 0 Å². The molecule has 3 heterocycles. The summed E-state index contributed by atoms with van der Waals surface area (Å²) in [5.74, 6) is 1.94. The molecule has 1 aliphatic heterocycles. The summed E-state index contributed by atoms with van der Waals surface area (Å²) in [4.78, 5) is 33.2. The van der Waals surface area contributed by atoms with Crippen molar-refractivity contribution in [1.82, 2.24) is 24.8 Å². The van der Waals surface area contributed by atoms with E-state index in [0.29, 0.717) is 19.5 Å². The average molecular weight is 350 g/mol. The number of amides is 1. The molecular formula is C19H22N6O. The molecule has 0 spiro atoms. The minimum Gasteiger partial charge on any atom is -0.351 e. The molecule has 0 bridgehead atoms. The maximum absolute atomic E-state index is 12.5. The zero-order valence-corrected chi connectivity index (χ0v) is 14.9. The Bertz CT molecular complexity index is 899. The van der Waals surface area contributed by atoms with Crippen molar-refractivity contribution in [1.29, 1.82) is 0 Å². The first kappa shape index (κ1) is 16.5. The highest BCUT2D eigenvalue weighted by atomic mass is 16.2. The number of benzene rings is 1. The molecule has 7 heteroatoms. The number of aryl methyl sites for hydroxylation is 1. The molecule has 7 nitrogen and oxygen atoms in total. The Balaban J connectivity index is 1.44. The Labute approximate surface area is 152 Å². The second-order valence-electron chi connectivity index (χ2n) is 6.46. The fraction of sp³-hybridized carbons (Fsp3) is 0.368. The van der Waals surface area contributed by atoms with Crippen LogP contribution in [0.4, 0.5) is 5.82 Å². The van der Waals surface area contributed by atoms with E-state index in [1.54, 1.807) is 6.33 Å². The van der Waals surface area contributed by atoms with Crippen molar-refractivity contribution in [2.45, 2.75) is 19.8 Å². The number of carbonyl (C=O) groups excluding carboxylic acids is 1. The first-order chi connectivity index (χ1) is 12.7. The number of aromatic nitrogens is 4. The van der Waals surface area contributed by atoms with Gasteiger partial charge in [0, 0.05) is 32.6 Å². The molecule has 1 N–H and O–H groups in total. The Morgan fingerprint density at radius 3 is 2.62 bits per heavy atom. The first-order valence-electron chi connectivity index (χ1n) is 9.01. The Morgan fingerprint density at radius 2 is 1.88 bits per heavy atom. The molecule has 1 amide bonds. The molecule has 134 valence electrons. The number of H-pyrrole nitrogens is 1. The third kappa shape index (κ3) is 3.24. The van der Waals surface area contributed by atoms with E-state index in [9.17, 15) is 4.79 Å². The number of aromatic amines is 1. The smallest absolute Gasteiger partial charge is 0.227 e. The number of hydrogen-bond acceptors (Lipinski definition) is 5. The van der Waals surface area contributed by atoms with Gasteiger partial charge in [0.25, 0.3) is 0 Å². The lowest BCUT2D eigenvalue weighted by Crippen LogP contribution is -2.49. The number of imidazole rings is 1. The Morgan fingerprint density at radius 1 is 1.12 bits per heavy atom. The molecule has 3 aromatic rings. The first-order valence-corrected chi connectivity index (χ1v) is 9.01. The minimum atomic E-state index is 0.178. The fourth-order valence-electron chi connectivity index (χ4n) is 3.31. The van der Waals surface area contributed by atoms with Crippen molar-refractivity contribution in [2.75, 3.05) is 31.1 Å². The third-order valence-corrected chi connectivity index (χ3v) is 4.78. The number of carbonyl (C=O) groups is 1. The van der Waals surface area contributed by atoms with Gasteiger partial charge in [-0.2, -0.15) is 0 Å². The Hall–Kier alpha value is -2.96. The number of anilines is 1. The molecule has 1 saturated heterocycles. The van der Waals surface area contributed by atoms with Gasteiger partial charge in [-0.25, -0.2) is 15.0 Å². The highest BCUT2D eigenvalue weighted by molar-refractivity contribution is 5.84. The zero-order chi connectivity index (χ0) is 17.9. The zero-order valence-electron chi connectivity index (χ0n) is 14.9. The number of hydrogen-bond donors (Lipinski definition) is 1. The number of piperazine rings is 1. The molecular weight excluding hydrogens is 328 g/mol. The van der Waals surface area contributed by atoms with Crippen molar-refractivity contribution < 1.29 is 4.79 Å². The monoisotopic (exact) mass is 350 g/mol. The lowest BCUT2D eigenvalue weighted by atomic mass is 10.1. The number of fused-ring (bicyclic) bond motifs is 1. The predicted octanol–water partition coefficient (Wildman–Crippen LogP) is 1.81. The molecule has 0 saturated carbocycles. The summed E-state index contributed by atoms with van der Waals surface area (Å²) in [7, 11) is 0. The Kier molecular flexibility index (Phi) is 4.51. The molecule has 1 aliphatic rings. The van der Waals surface area contributed by atoms with Gasteiger partial charge >= 0.3 is 0 Å². The van der Waals surface area contributed by atoms with Gasteiger partial charge in [-0.05, 0) is 5.56 Å². The van der Waals surface area contributed by atoms with Crippen molar-refractivity contribution in [3.63, 3.8) is 0 Å². The normalized spacial score (nSPS) is 14.8. The second-order valence-corrected chi connectivity index (χ2v) is 6.46. The summed E-state index contributed by atoms with van der Waals surface area (Å²) in [5, 5.41) is 0. The summed E-state index contributed by atoms with van der Waals surface area (Å²) in [5.41, 5.74) is 2.64. The van der Waals surface area contributed by atoms with Crippen LogP contribution < -0.4 is 4.90 Å². The lowest BCUT2D eigenvalue weighted by molar-refractivity contribution is -0.130. The largest absolute Gasteiger partial charge is 0.351 e. The maximum atomic E-state index is 12.5. The van der Waals surface area contributed by atoms with E-state index in [1.807, 2.05) is 35.2 Å². The molecule has 1 aromatic carbocycles. The highest BCUT2D eigenvalue weighted by Crippen LogP contribution is 2.22. The van der Waals surface area contributed by atoms with Crippen LogP contribution in [0.5, 0.6) is 0 Å². The average Bonchev–Trinajstić information content (AvgIpc) is 3.12. The molecule has 1 fully saturated rings. The van der Waals surface area contributed by atoms with Crippen molar-refractivity contribution in [3.05, 3.63) is 48.0 Å². The van der Waals surface area contributed by atoms with Crippen molar-refractivity contribution in [2.24, 2.45) is 0 Å². The summed E-state index contributed by atoms with van der Waals surface area (Å²) >= 11 is 0. The number of rotatable bonds is 4. The van der Waals surface area contributed by atoms with Crippen LogP contribution in [0, 0.1) is 0 Å². The van der Waals surface area contributed by atoms with E-state index in [-0.39, 0.29) is 5.91 Å². The van der Waals surface area contributed by atoms with E-state index in [1.165, 1.54) is 0 Å². The number of nitrogens with one attached hydrogen (secondary N) is 1. The van der Waals surface area contributed by atoms with Crippen LogP contribution in [0.1, 0.15) is 18.3 Å². The third-order valence-electron chi connectivity index (χ3n) is 4.78. The second kappa shape index (κ2) is 7.11. The summed E-state index contributed by atoms with van der Waals surface area (Å²) < 4.78 is 0. The van der Waals surface area contributed by atoms with Gasteiger partial charge in [0.05, 0.1) is 6.42 Å². The van der Waals surface area contributed by atoms with E-state index < -0.39 is 0 Å². The van der Waals surface area contributed by atoms with Crippen LogP contribution in [0.2, 0.25) is 0 Å². The van der Waals surface area contributed by atoms with Crippen LogP contribution >= 0.6 is 0 Å². The molecule has 0 aliphatic carbocycles. The van der Waals surface area contributed by atoms with Crippen LogP contribution in [0.25, 0.3) is 11.2 Å². The van der Waals surface area contributed by atoms with Crippen LogP contribution in [0.15, 0.2) is 36.7 Å². The van der Waals surface area contributed by atoms with Gasteiger partial charge in [0.2, 0.25) is 5.91 Å². The van der Waals surface area contributed by atoms with Gasteiger partial charge in [0.1, 0.15) is 12.2 Å². The van der Waals surface area contributed by atoms with E-state index in [0.717, 1.165) is 47.9 Å². The lowest BCUT2D eigenvalue weighted by Gasteiger charge is -2.35. The summed E-state index contributed by atoms with van der Waals surface area (Å²) in [6, 6.07) is 9.89. The SMILES string of the molecule is CCc1nc2c(N3CCN(C(=O)Cc4ccccc4)CC3)ncnc2[nH]1. The van der Waals surface area contributed by atoms with Crippen LogP contribution in [0.3, 0.4) is 0 Å². The molecule has 0 unspecified atom stereocenters. The standard InChI is InChI=1S/C19H22N6O/c1-2-15-22-17-18(23-15)20-13-21-19(17)25-10-8-24(9-11-25)16(26)12-14-6-4-3-5-7-14/h3-7,13H,2,8-12H2,1H3,(H,20,21,22,23). The van der Waals surface area contributed by atoms with Gasteiger partial charge < -0.3 is 14.8 Å². The molecule has 26 heavy (non-hydrogen) atoms. The molecule has 2 aromatic heterocycles. The maximum Gasteiger partial charge on any atom is 0.227 e. The van der Waals surface area contributed by atoms with Gasteiger partial charge in [-0.1, -0.05) is 37.3 Å². The predicted molar refractivity (Wildman–Crippen MR) is 100 cm³/mol. The summed E-state index contributed by atoms with van der Waals surface area (Å²) in [6.07, 6.45) is 2.86.